The van der Waals surface area contributed by atoms with E-state index in [1.165, 1.54) is 19.4 Å². The van der Waals surface area contributed by atoms with Crippen molar-refractivity contribution in [2.24, 2.45) is 0 Å². The van der Waals surface area contributed by atoms with Crippen LogP contribution in [0.3, 0.4) is 0 Å². The van der Waals surface area contributed by atoms with Gasteiger partial charge in [-0.3, -0.25) is 9.59 Å². The first-order chi connectivity index (χ1) is 8.33. The number of ether oxygens (including phenoxy) is 2. The number of rotatable bonds is 2. The van der Waals surface area contributed by atoms with E-state index in [0.29, 0.717) is 12.8 Å². The van der Waals surface area contributed by atoms with Crippen LogP contribution in [0.15, 0.2) is 11.6 Å². The lowest BCUT2D eigenvalue weighted by atomic mass is 9.86. The first kappa shape index (κ1) is 14.7. The molecule has 1 aliphatic carbocycles. The largest absolute Gasteiger partial charge is 0.458 e. The van der Waals surface area contributed by atoms with Crippen molar-refractivity contribution in [3.8, 4) is 0 Å². The second-order valence-electron chi connectivity index (χ2n) is 5.13. The number of carbonyl (C=O) groups is 2. The molecular weight excluding hydrogens is 232 g/mol. The van der Waals surface area contributed by atoms with E-state index in [1.807, 2.05) is 6.92 Å². The van der Waals surface area contributed by atoms with Crippen molar-refractivity contribution in [1.29, 1.82) is 0 Å². The quantitative estimate of drug-likeness (QED) is 0.561. The van der Waals surface area contributed by atoms with Gasteiger partial charge in [-0.15, -0.1) is 0 Å². The summed E-state index contributed by atoms with van der Waals surface area (Å²) in [5.74, 6) is -0.670. The Morgan fingerprint density at radius 3 is 2.56 bits per heavy atom. The van der Waals surface area contributed by atoms with Gasteiger partial charge in [0.1, 0.15) is 11.7 Å². The van der Waals surface area contributed by atoms with Crippen LogP contribution in [-0.2, 0) is 19.1 Å². The second-order valence-corrected chi connectivity index (χ2v) is 5.13. The van der Waals surface area contributed by atoms with Crippen LogP contribution in [0.1, 0.15) is 53.4 Å². The Balaban J connectivity index is 2.91. The fourth-order valence-electron chi connectivity index (χ4n) is 2.36. The topological polar surface area (TPSA) is 52.6 Å². The molecule has 18 heavy (non-hydrogen) atoms. The molecule has 0 fully saturated rings. The fourth-order valence-corrected chi connectivity index (χ4v) is 2.36. The predicted octanol–water partition coefficient (Wildman–Crippen LogP) is 2.76. The predicted molar refractivity (Wildman–Crippen MR) is 68.0 cm³/mol. The zero-order valence-corrected chi connectivity index (χ0v) is 11.6. The van der Waals surface area contributed by atoms with Gasteiger partial charge in [0, 0.05) is 13.8 Å². The lowest BCUT2D eigenvalue weighted by Crippen LogP contribution is -2.46. The van der Waals surface area contributed by atoms with E-state index < -0.39 is 5.60 Å². The van der Waals surface area contributed by atoms with Crippen LogP contribution in [0.5, 0.6) is 0 Å². The third kappa shape index (κ3) is 4.17. The Hall–Kier alpha value is -1.32. The van der Waals surface area contributed by atoms with Gasteiger partial charge in [-0.05, 0) is 39.5 Å². The van der Waals surface area contributed by atoms with Gasteiger partial charge in [0.15, 0.2) is 0 Å². The maximum absolute atomic E-state index is 11.2. The Bertz CT molecular complexity index is 359. The average Bonchev–Trinajstić information content (AvgIpc) is 2.21. The van der Waals surface area contributed by atoms with E-state index in [9.17, 15) is 9.59 Å². The van der Waals surface area contributed by atoms with Crippen molar-refractivity contribution in [2.75, 3.05) is 0 Å². The summed E-state index contributed by atoms with van der Waals surface area (Å²) in [4.78, 5) is 22.4. The zero-order valence-electron chi connectivity index (χ0n) is 11.6. The van der Waals surface area contributed by atoms with E-state index in [1.54, 1.807) is 0 Å². The highest BCUT2D eigenvalue weighted by atomic mass is 16.6. The molecule has 2 unspecified atom stereocenters. The molecule has 2 atom stereocenters. The highest BCUT2D eigenvalue weighted by molar-refractivity contribution is 5.67. The highest BCUT2D eigenvalue weighted by Gasteiger charge is 2.39. The molecule has 0 N–H and O–H groups in total. The Kier molecular flexibility index (Phi) is 4.93. The van der Waals surface area contributed by atoms with Crippen LogP contribution in [-0.4, -0.2) is 23.6 Å². The minimum atomic E-state index is -0.727. The minimum absolute atomic E-state index is 0.333. The summed E-state index contributed by atoms with van der Waals surface area (Å²) >= 11 is 0. The van der Waals surface area contributed by atoms with Crippen LogP contribution < -0.4 is 0 Å². The number of allylic oxidation sites excluding steroid dienone is 2. The maximum atomic E-state index is 11.2. The average molecular weight is 254 g/mol. The lowest BCUT2D eigenvalue weighted by molar-refractivity contribution is -0.183. The number of hydrogen-bond donors (Lipinski definition) is 0. The summed E-state index contributed by atoms with van der Waals surface area (Å²) in [6.07, 6.45) is 4.82. The Morgan fingerprint density at radius 2 is 2.00 bits per heavy atom. The molecule has 0 aromatic carbocycles. The second kappa shape index (κ2) is 6.03. The molecule has 0 saturated heterocycles. The van der Waals surface area contributed by atoms with Gasteiger partial charge in [-0.1, -0.05) is 11.6 Å². The van der Waals surface area contributed by atoms with Gasteiger partial charge in [0.2, 0.25) is 0 Å². The van der Waals surface area contributed by atoms with Crippen molar-refractivity contribution in [1.82, 2.24) is 0 Å². The molecule has 4 heteroatoms. The van der Waals surface area contributed by atoms with Crippen LogP contribution in [0.4, 0.5) is 0 Å². The summed E-state index contributed by atoms with van der Waals surface area (Å²) in [5.41, 5.74) is 0.561. The van der Waals surface area contributed by atoms with Gasteiger partial charge in [0.05, 0.1) is 0 Å². The van der Waals surface area contributed by atoms with E-state index in [-0.39, 0.29) is 18.0 Å². The van der Waals surface area contributed by atoms with Crippen LogP contribution in [0.25, 0.3) is 0 Å². The molecule has 0 aromatic heterocycles. The molecule has 0 aliphatic heterocycles. The van der Waals surface area contributed by atoms with Crippen molar-refractivity contribution < 1.29 is 19.1 Å². The fraction of sp³-hybridized carbons (Fsp3) is 0.714. The molecule has 0 radical (unpaired) electrons. The SMILES string of the molecule is CC(=O)OC1CC/C(C)=C\CCC1(C)OC(C)=O. The molecule has 0 saturated carbocycles. The molecule has 0 spiro atoms. The summed E-state index contributed by atoms with van der Waals surface area (Å²) < 4.78 is 10.8. The lowest BCUT2D eigenvalue weighted by Gasteiger charge is -2.37. The molecule has 0 heterocycles. The van der Waals surface area contributed by atoms with Gasteiger partial charge in [-0.2, -0.15) is 0 Å². The molecule has 102 valence electrons. The van der Waals surface area contributed by atoms with Crippen LogP contribution >= 0.6 is 0 Å². The van der Waals surface area contributed by atoms with Crippen molar-refractivity contribution in [3.63, 3.8) is 0 Å². The van der Waals surface area contributed by atoms with Crippen molar-refractivity contribution >= 4 is 11.9 Å². The van der Waals surface area contributed by atoms with Crippen LogP contribution in [0, 0.1) is 0 Å². The smallest absolute Gasteiger partial charge is 0.303 e. The normalized spacial score (nSPS) is 31.6. The monoisotopic (exact) mass is 254 g/mol. The number of hydrogen-bond acceptors (Lipinski definition) is 4. The molecule has 0 bridgehead atoms. The minimum Gasteiger partial charge on any atom is -0.458 e. The molecule has 1 rings (SSSR count). The first-order valence-corrected chi connectivity index (χ1v) is 6.36. The molecule has 4 nitrogen and oxygen atoms in total. The van der Waals surface area contributed by atoms with E-state index in [0.717, 1.165) is 12.8 Å². The maximum Gasteiger partial charge on any atom is 0.303 e. The summed E-state index contributed by atoms with van der Waals surface area (Å²) in [5, 5.41) is 0. The third-order valence-corrected chi connectivity index (χ3v) is 3.30. The molecule has 0 aromatic rings. The van der Waals surface area contributed by atoms with E-state index in [2.05, 4.69) is 13.0 Å². The zero-order chi connectivity index (χ0) is 13.8. The number of carbonyl (C=O) groups excluding carboxylic acids is 2. The highest BCUT2D eigenvalue weighted by Crippen LogP contribution is 2.31. The summed E-state index contributed by atoms with van der Waals surface area (Å²) in [6, 6.07) is 0. The third-order valence-electron chi connectivity index (χ3n) is 3.30. The Labute approximate surface area is 108 Å². The van der Waals surface area contributed by atoms with Crippen molar-refractivity contribution in [3.05, 3.63) is 11.6 Å². The van der Waals surface area contributed by atoms with E-state index in [4.69, 9.17) is 9.47 Å². The van der Waals surface area contributed by atoms with E-state index >= 15 is 0 Å². The Morgan fingerprint density at radius 1 is 1.33 bits per heavy atom. The molecule has 0 amide bonds. The summed E-state index contributed by atoms with van der Waals surface area (Å²) in [7, 11) is 0. The van der Waals surface area contributed by atoms with Gasteiger partial charge >= 0.3 is 11.9 Å². The first-order valence-electron chi connectivity index (χ1n) is 6.36. The van der Waals surface area contributed by atoms with Gasteiger partial charge in [-0.25, -0.2) is 0 Å². The van der Waals surface area contributed by atoms with Crippen molar-refractivity contribution in [2.45, 2.75) is 65.1 Å². The molecule has 1 aliphatic rings. The number of esters is 2. The van der Waals surface area contributed by atoms with Crippen LogP contribution in [0.2, 0.25) is 0 Å². The van der Waals surface area contributed by atoms with Gasteiger partial charge in [0.25, 0.3) is 0 Å². The summed E-state index contributed by atoms with van der Waals surface area (Å²) in [6.45, 7) is 6.68. The molecular formula is C14H22O4. The van der Waals surface area contributed by atoms with Gasteiger partial charge < -0.3 is 9.47 Å². The standard InChI is InChI=1S/C14H22O4/c1-10-6-5-9-14(4,18-12(3)16)13(8-7-10)17-11(2)15/h6,13H,5,7-9H2,1-4H3/b10-6-.